The van der Waals surface area contributed by atoms with Crippen molar-refractivity contribution in [1.29, 1.82) is 0 Å². The van der Waals surface area contributed by atoms with Crippen molar-refractivity contribution >= 4 is 34.5 Å². The second kappa shape index (κ2) is 23.9. The molecule has 2 fully saturated rings. The first-order chi connectivity index (χ1) is 39.2. The number of piperidine rings is 2. The van der Waals surface area contributed by atoms with Gasteiger partial charge in [0.2, 0.25) is 0 Å². The topological polar surface area (TPSA) is 152 Å². The van der Waals surface area contributed by atoms with Crippen LogP contribution in [-0.2, 0) is 13.1 Å². The third-order valence-corrected chi connectivity index (χ3v) is 13.3. The smallest absolute Gasteiger partial charge is 0.477 e. The van der Waals surface area contributed by atoms with Crippen molar-refractivity contribution in [2.24, 2.45) is 5.73 Å². The first-order valence-electron chi connectivity index (χ1n) is 27.7. The number of amides is 1. The number of aryl methyl sites for hydroxylation is 2. The van der Waals surface area contributed by atoms with E-state index >= 15 is 0 Å². The number of anilines is 2. The highest BCUT2D eigenvalue weighted by atomic mass is 19.4. The summed E-state index contributed by atoms with van der Waals surface area (Å²) in [6.07, 6.45) is -5.81. The standard InChI is InChI=1S/C29H29F3N4O2.C19H21F3N2O.C10H10N2O2/c1-19-3-12-26-34-20(2)27(36(26)18-19)28(37)33-17-21-4-8-24(9-5-21)35-15-13-23(14-16-35)22-6-10-25(11-7-22)38-29(30,31)32;20-19(21,22)25-18-7-3-15(4-8-18)16-9-11-24(12-10-16)17-5-1-14(13-23)2-6-17;1-6-3-4-8-11-7(2)9(10(13)14)12(8)5-6/h3-12,18,23H,13-17H2,1-2H3,(H,33,37);1-8,16H,9-13,23H2;3-5H,1-2H3,(H,13,14)/i3D,12D,18D;;3D,4D,5D. The highest BCUT2D eigenvalue weighted by Crippen LogP contribution is 2.34. The van der Waals surface area contributed by atoms with Gasteiger partial charge in [0.1, 0.15) is 28.5 Å². The zero-order valence-electron chi connectivity index (χ0n) is 48.6. The predicted molar refractivity (Wildman–Crippen MR) is 283 cm³/mol. The van der Waals surface area contributed by atoms with Crippen LogP contribution in [0.4, 0.5) is 37.7 Å². The van der Waals surface area contributed by atoms with Crippen molar-refractivity contribution < 1.29 is 58.7 Å². The van der Waals surface area contributed by atoms with Gasteiger partial charge in [-0.25, -0.2) is 14.8 Å². The van der Waals surface area contributed by atoms with Crippen molar-refractivity contribution in [2.45, 2.75) is 91.0 Å². The van der Waals surface area contributed by atoms with Crippen molar-refractivity contribution in [3.8, 4) is 11.5 Å². The van der Waals surface area contributed by atoms with Crippen molar-refractivity contribution in [3.63, 3.8) is 0 Å². The molecule has 2 aliphatic rings. The van der Waals surface area contributed by atoms with E-state index in [9.17, 15) is 35.9 Å². The number of hydrogen-bond acceptors (Lipinski definition) is 9. The Morgan fingerprint density at radius 2 is 1.00 bits per heavy atom. The average molecular weight is 1070 g/mol. The van der Waals surface area contributed by atoms with Gasteiger partial charge in [-0.15, -0.1) is 26.3 Å². The van der Waals surface area contributed by atoms with Crippen LogP contribution in [0.1, 0.15) is 111 Å². The van der Waals surface area contributed by atoms with Crippen LogP contribution in [0.3, 0.4) is 0 Å². The monoisotopic (exact) mass is 1070 g/mol. The van der Waals surface area contributed by atoms with Gasteiger partial charge in [-0.05, 0) is 159 Å². The number of nitrogens with two attached hydrogens (primary N) is 1. The summed E-state index contributed by atoms with van der Waals surface area (Å²) in [5.41, 5.74) is 13.3. The molecular weight excluding hydrogens is 1000 g/mol. The molecule has 2 aliphatic heterocycles. The zero-order chi connectivity index (χ0) is 60.2. The normalized spacial score (nSPS) is 15.5. The third-order valence-electron chi connectivity index (χ3n) is 13.3. The van der Waals surface area contributed by atoms with Gasteiger partial charge >= 0.3 is 18.7 Å². The maximum atomic E-state index is 13.1. The van der Waals surface area contributed by atoms with Gasteiger partial charge in [0.15, 0.2) is 5.69 Å². The molecule has 0 aliphatic carbocycles. The van der Waals surface area contributed by atoms with E-state index in [-0.39, 0.29) is 94.4 Å². The van der Waals surface area contributed by atoms with E-state index in [1.807, 2.05) is 36.4 Å². The Bertz CT molecular complexity index is 3630. The average Bonchev–Trinajstić information content (AvgIpc) is 3.13. The number of carbonyl (C=O) groups excluding carboxylic acids is 1. The summed E-state index contributed by atoms with van der Waals surface area (Å²) in [6, 6.07) is 28.1. The lowest BCUT2D eigenvalue weighted by atomic mass is 9.89. The van der Waals surface area contributed by atoms with Gasteiger partial charge in [-0.3, -0.25) is 13.6 Å². The summed E-state index contributed by atoms with van der Waals surface area (Å²) < 4.78 is 132. The van der Waals surface area contributed by atoms with E-state index in [2.05, 4.69) is 46.7 Å². The number of imidazole rings is 2. The van der Waals surface area contributed by atoms with Gasteiger partial charge in [0.25, 0.3) is 5.91 Å². The molecule has 0 unspecified atom stereocenters. The summed E-state index contributed by atoms with van der Waals surface area (Å²) in [6.45, 7) is 10.5. The molecule has 0 bridgehead atoms. The van der Waals surface area contributed by atoms with E-state index in [1.165, 1.54) is 48.2 Å². The minimum atomic E-state index is -4.70. The fourth-order valence-electron chi connectivity index (χ4n) is 9.41. The molecule has 6 heterocycles. The molecule has 77 heavy (non-hydrogen) atoms. The number of pyridine rings is 2. The number of carboxylic acid groups (broad SMARTS) is 1. The number of nitrogens with one attached hydrogen (secondary N) is 1. The van der Waals surface area contributed by atoms with E-state index in [1.54, 1.807) is 38.1 Å². The second-order valence-corrected chi connectivity index (χ2v) is 18.7. The van der Waals surface area contributed by atoms with Crippen molar-refractivity contribution in [3.05, 3.63) is 190 Å². The van der Waals surface area contributed by atoms with Gasteiger partial charge in [0, 0.05) is 63.0 Å². The minimum absolute atomic E-state index is 0.0349. The van der Waals surface area contributed by atoms with Crippen LogP contribution < -0.4 is 30.3 Å². The molecule has 2 saturated heterocycles. The highest BCUT2D eigenvalue weighted by molar-refractivity contribution is 5.94. The molecule has 0 radical (unpaired) electrons. The van der Waals surface area contributed by atoms with Crippen LogP contribution in [-0.4, -0.2) is 74.7 Å². The largest absolute Gasteiger partial charge is 0.573 e. The lowest BCUT2D eigenvalue weighted by Gasteiger charge is -2.34. The van der Waals surface area contributed by atoms with Crippen LogP contribution in [0.15, 0.2) is 134 Å². The molecule has 4 aromatic heterocycles. The van der Waals surface area contributed by atoms with E-state index < -0.39 is 24.6 Å². The minimum Gasteiger partial charge on any atom is -0.477 e. The van der Waals surface area contributed by atoms with Crippen molar-refractivity contribution in [1.82, 2.24) is 24.1 Å². The molecule has 8 aromatic rings. The summed E-state index contributed by atoms with van der Waals surface area (Å²) >= 11 is 0. The van der Waals surface area contributed by atoms with Crippen LogP contribution in [0, 0.1) is 27.7 Å². The fraction of sp³-hybridized carbons (Fsp3) is 0.310. The number of aromatic nitrogens is 4. The lowest BCUT2D eigenvalue weighted by molar-refractivity contribution is -0.275. The van der Waals surface area contributed by atoms with Crippen molar-refractivity contribution in [2.75, 3.05) is 36.0 Å². The zero-order valence-corrected chi connectivity index (χ0v) is 42.6. The fourth-order valence-corrected chi connectivity index (χ4v) is 9.41. The Kier molecular flexibility index (Phi) is 14.7. The van der Waals surface area contributed by atoms with Gasteiger partial charge in [-0.1, -0.05) is 60.6 Å². The Balaban J connectivity index is 0.000000181. The van der Waals surface area contributed by atoms with Crippen LogP contribution in [0.5, 0.6) is 11.5 Å². The van der Waals surface area contributed by atoms with Crippen LogP contribution in [0.25, 0.3) is 11.3 Å². The van der Waals surface area contributed by atoms with Crippen LogP contribution in [0.2, 0.25) is 0 Å². The summed E-state index contributed by atoms with van der Waals surface area (Å²) in [5.74, 6) is -1.38. The number of aromatic carboxylic acids is 1. The molecule has 0 atom stereocenters. The molecule has 19 heteroatoms. The molecule has 13 nitrogen and oxygen atoms in total. The number of benzene rings is 4. The number of hydrogen-bond donors (Lipinski definition) is 3. The van der Waals surface area contributed by atoms with Crippen LogP contribution >= 0.6 is 0 Å². The first kappa shape index (κ1) is 47.4. The molecular formula is C58H60F6N8O5. The number of fused-ring (bicyclic) bond motifs is 2. The number of nitrogens with zero attached hydrogens (tertiary/aromatic N) is 6. The Hall–Kier alpha value is -8.06. The second-order valence-electron chi connectivity index (χ2n) is 18.7. The number of rotatable bonds is 11. The highest BCUT2D eigenvalue weighted by Gasteiger charge is 2.32. The first-order valence-corrected chi connectivity index (χ1v) is 24.7. The molecule has 4 aromatic carbocycles. The summed E-state index contributed by atoms with van der Waals surface area (Å²) in [5, 5.41) is 12.0. The Labute approximate surface area is 450 Å². The molecule has 10 rings (SSSR count). The van der Waals surface area contributed by atoms with E-state index in [0.29, 0.717) is 23.7 Å². The third kappa shape index (κ3) is 14.5. The Morgan fingerprint density at radius 1 is 0.610 bits per heavy atom. The SMILES string of the molecule is NCc1ccc(N2CCC(c3ccc(OC(F)(F)F)cc3)CC2)cc1.[2H]c1c(C)c([2H])n2c(C(=O)NCc3ccc(N4CCC(c5ccc(OC(F)(F)F)cc5)CC4)cc3)c(C)nc2c1[2H].[2H]c1c(C)c([2H])n2c(C(=O)O)c(C)nc2c1[2H]. The molecule has 0 spiro atoms. The number of carboxylic acids is 1. The molecule has 404 valence electrons. The molecule has 4 N–H and O–H groups in total. The molecule has 0 saturated carbocycles. The summed E-state index contributed by atoms with van der Waals surface area (Å²) in [4.78, 5) is 37.0. The van der Waals surface area contributed by atoms with E-state index in [4.69, 9.17) is 19.1 Å². The maximum absolute atomic E-state index is 13.1. The van der Waals surface area contributed by atoms with Gasteiger partial charge in [-0.2, -0.15) is 0 Å². The summed E-state index contributed by atoms with van der Waals surface area (Å²) in [7, 11) is 0. The maximum Gasteiger partial charge on any atom is 0.573 e. The van der Waals surface area contributed by atoms with E-state index in [0.717, 1.165) is 84.2 Å². The number of halogens is 6. The lowest BCUT2D eigenvalue weighted by Crippen LogP contribution is -2.32. The number of alkyl halides is 6. The number of ether oxygens (including phenoxy) is 2. The van der Waals surface area contributed by atoms with Gasteiger partial charge in [0.05, 0.1) is 19.6 Å². The van der Waals surface area contributed by atoms with Gasteiger partial charge < -0.3 is 35.4 Å². The Morgan fingerprint density at radius 3 is 1.39 bits per heavy atom. The molecule has 1 amide bonds. The predicted octanol–water partition coefficient (Wildman–Crippen LogP) is 12.2. The number of carbonyl (C=O) groups is 2. The quantitative estimate of drug-likeness (QED) is 0.107.